The van der Waals surface area contributed by atoms with Gasteiger partial charge in [-0.05, 0) is 19.4 Å². The smallest absolute Gasteiger partial charge is 0.149 e. The minimum atomic E-state index is 0.406. The maximum Gasteiger partial charge on any atom is 0.149 e. The minimum absolute atomic E-state index is 0.406. The quantitative estimate of drug-likeness (QED) is 0.703. The minimum Gasteiger partial charge on any atom is -0.369 e. The van der Waals surface area contributed by atoms with E-state index < -0.39 is 0 Å². The van der Waals surface area contributed by atoms with Crippen LogP contribution in [0.5, 0.6) is 0 Å². The van der Waals surface area contributed by atoms with Gasteiger partial charge in [0, 0.05) is 6.54 Å². The highest BCUT2D eigenvalue weighted by molar-refractivity contribution is 6.29. The first kappa shape index (κ1) is 10.2. The van der Waals surface area contributed by atoms with Crippen LogP contribution in [-0.2, 0) is 0 Å². The van der Waals surface area contributed by atoms with Gasteiger partial charge >= 0.3 is 0 Å². The lowest BCUT2D eigenvalue weighted by atomic mass is 10.3. The van der Waals surface area contributed by atoms with Crippen LogP contribution in [-0.4, -0.2) is 23.1 Å². The Hall–Kier alpha value is -0.870. The van der Waals surface area contributed by atoms with Crippen LogP contribution in [0.3, 0.4) is 0 Å². The van der Waals surface area contributed by atoms with E-state index in [0.717, 1.165) is 25.9 Å². The second-order valence-electron chi connectivity index (χ2n) is 2.65. The number of nitrogens with two attached hydrogens (primary N) is 1. The van der Waals surface area contributed by atoms with Crippen LogP contribution in [0.2, 0.25) is 5.15 Å². The van der Waals surface area contributed by atoms with Gasteiger partial charge in [0.2, 0.25) is 0 Å². The van der Waals surface area contributed by atoms with Crippen molar-refractivity contribution in [1.82, 2.24) is 9.97 Å². The zero-order valence-corrected chi connectivity index (χ0v) is 8.09. The summed E-state index contributed by atoms with van der Waals surface area (Å²) in [5.74, 6) is 0.713. The molecule has 0 amide bonds. The second-order valence-corrected chi connectivity index (χ2v) is 3.04. The van der Waals surface area contributed by atoms with E-state index in [0.29, 0.717) is 11.0 Å². The summed E-state index contributed by atoms with van der Waals surface area (Å²) in [6.45, 7) is 1.58. The summed E-state index contributed by atoms with van der Waals surface area (Å²) < 4.78 is 0. The Morgan fingerprint density at radius 2 is 2.23 bits per heavy atom. The lowest BCUT2D eigenvalue weighted by Gasteiger charge is -2.03. The molecule has 0 unspecified atom stereocenters. The van der Waals surface area contributed by atoms with Crippen LogP contribution in [0.25, 0.3) is 0 Å². The predicted octanol–water partition coefficient (Wildman–Crippen LogP) is 1.28. The lowest BCUT2D eigenvalue weighted by molar-refractivity contribution is 0.772. The van der Waals surface area contributed by atoms with Crippen LogP contribution in [0.4, 0.5) is 5.82 Å². The van der Waals surface area contributed by atoms with Gasteiger partial charge in [0.05, 0.1) is 12.4 Å². The number of aromatic nitrogens is 2. The van der Waals surface area contributed by atoms with Crippen LogP contribution < -0.4 is 11.1 Å². The molecule has 1 heterocycles. The number of nitrogens with one attached hydrogen (secondary N) is 1. The number of hydrogen-bond acceptors (Lipinski definition) is 4. The van der Waals surface area contributed by atoms with E-state index in [1.165, 1.54) is 6.20 Å². The van der Waals surface area contributed by atoms with Crippen LogP contribution in [0.15, 0.2) is 12.4 Å². The molecule has 0 radical (unpaired) electrons. The van der Waals surface area contributed by atoms with E-state index in [-0.39, 0.29) is 0 Å². The molecule has 1 aromatic rings. The van der Waals surface area contributed by atoms with Crippen molar-refractivity contribution in [2.45, 2.75) is 12.8 Å². The highest BCUT2D eigenvalue weighted by Crippen LogP contribution is 2.06. The molecule has 13 heavy (non-hydrogen) atoms. The summed E-state index contributed by atoms with van der Waals surface area (Å²) in [6, 6.07) is 0. The molecule has 5 heteroatoms. The number of rotatable bonds is 5. The molecule has 0 aliphatic carbocycles. The summed E-state index contributed by atoms with van der Waals surface area (Å²) >= 11 is 5.65. The van der Waals surface area contributed by atoms with E-state index >= 15 is 0 Å². The molecule has 0 spiro atoms. The molecule has 0 saturated heterocycles. The molecule has 0 aliphatic rings. The topological polar surface area (TPSA) is 63.8 Å². The number of anilines is 1. The number of unbranched alkanes of at least 4 members (excludes halogenated alkanes) is 1. The van der Waals surface area contributed by atoms with Crippen molar-refractivity contribution in [3.63, 3.8) is 0 Å². The summed E-state index contributed by atoms with van der Waals surface area (Å²) in [5, 5.41) is 3.51. The SMILES string of the molecule is NCCCCNc1cncc(Cl)n1. The highest BCUT2D eigenvalue weighted by atomic mass is 35.5. The van der Waals surface area contributed by atoms with Gasteiger partial charge in [-0.1, -0.05) is 11.6 Å². The zero-order chi connectivity index (χ0) is 9.52. The molecule has 0 saturated carbocycles. The average Bonchev–Trinajstić information content (AvgIpc) is 2.13. The molecule has 0 aliphatic heterocycles. The second kappa shape index (κ2) is 5.72. The predicted molar refractivity (Wildman–Crippen MR) is 53.8 cm³/mol. The molecule has 0 bridgehead atoms. The van der Waals surface area contributed by atoms with Crippen molar-refractivity contribution in [2.75, 3.05) is 18.4 Å². The monoisotopic (exact) mass is 200 g/mol. The Morgan fingerprint density at radius 1 is 1.38 bits per heavy atom. The third kappa shape index (κ3) is 4.05. The molecule has 1 rings (SSSR count). The fourth-order valence-corrected chi connectivity index (χ4v) is 1.06. The van der Waals surface area contributed by atoms with E-state index in [9.17, 15) is 0 Å². The summed E-state index contributed by atoms with van der Waals surface area (Å²) in [5.41, 5.74) is 5.36. The fraction of sp³-hybridized carbons (Fsp3) is 0.500. The molecule has 4 nitrogen and oxygen atoms in total. The molecular formula is C8H13ClN4. The molecule has 0 atom stereocenters. The first-order valence-corrected chi connectivity index (χ1v) is 4.62. The van der Waals surface area contributed by atoms with E-state index in [1.54, 1.807) is 6.20 Å². The van der Waals surface area contributed by atoms with Gasteiger partial charge in [-0.3, -0.25) is 4.98 Å². The van der Waals surface area contributed by atoms with E-state index in [4.69, 9.17) is 17.3 Å². The van der Waals surface area contributed by atoms with Gasteiger partial charge in [0.25, 0.3) is 0 Å². The van der Waals surface area contributed by atoms with Crippen LogP contribution in [0, 0.1) is 0 Å². The van der Waals surface area contributed by atoms with Crippen LogP contribution in [0.1, 0.15) is 12.8 Å². The Kier molecular flexibility index (Phi) is 4.49. The lowest BCUT2D eigenvalue weighted by Crippen LogP contribution is -2.06. The summed E-state index contributed by atoms with van der Waals surface area (Å²) in [4.78, 5) is 7.93. The van der Waals surface area contributed by atoms with Gasteiger partial charge < -0.3 is 11.1 Å². The molecular weight excluding hydrogens is 188 g/mol. The maximum atomic E-state index is 5.65. The van der Waals surface area contributed by atoms with Gasteiger partial charge in [-0.2, -0.15) is 0 Å². The molecule has 0 fully saturated rings. The Labute approximate surface area is 82.5 Å². The Bertz CT molecular complexity index is 254. The summed E-state index contributed by atoms with van der Waals surface area (Å²) in [7, 11) is 0. The average molecular weight is 201 g/mol. The van der Waals surface area contributed by atoms with E-state index in [1.807, 2.05) is 0 Å². The largest absolute Gasteiger partial charge is 0.369 e. The van der Waals surface area contributed by atoms with Crippen molar-refractivity contribution in [3.8, 4) is 0 Å². The fourth-order valence-electron chi connectivity index (χ4n) is 0.913. The Balaban J connectivity index is 2.28. The highest BCUT2D eigenvalue weighted by Gasteiger charge is 1.94. The molecule has 72 valence electrons. The maximum absolute atomic E-state index is 5.65. The van der Waals surface area contributed by atoms with Crippen molar-refractivity contribution in [2.24, 2.45) is 5.73 Å². The van der Waals surface area contributed by atoms with Gasteiger partial charge in [0.15, 0.2) is 0 Å². The van der Waals surface area contributed by atoms with Crippen molar-refractivity contribution < 1.29 is 0 Å². The molecule has 1 aromatic heterocycles. The van der Waals surface area contributed by atoms with Gasteiger partial charge in [-0.25, -0.2) is 4.98 Å². The molecule has 0 aromatic carbocycles. The first-order valence-electron chi connectivity index (χ1n) is 4.24. The third-order valence-electron chi connectivity index (χ3n) is 1.54. The van der Waals surface area contributed by atoms with Gasteiger partial charge in [0.1, 0.15) is 11.0 Å². The number of halogens is 1. The number of hydrogen-bond donors (Lipinski definition) is 2. The summed E-state index contributed by atoms with van der Waals surface area (Å²) in [6.07, 6.45) is 5.20. The zero-order valence-electron chi connectivity index (χ0n) is 7.33. The first-order chi connectivity index (χ1) is 6.33. The Morgan fingerprint density at radius 3 is 2.92 bits per heavy atom. The van der Waals surface area contributed by atoms with Crippen LogP contribution >= 0.6 is 11.6 Å². The van der Waals surface area contributed by atoms with E-state index in [2.05, 4.69) is 15.3 Å². The number of nitrogens with zero attached hydrogens (tertiary/aromatic N) is 2. The standard InChI is InChI=1S/C8H13ClN4/c9-7-5-11-6-8(13-7)12-4-2-1-3-10/h5-6H,1-4,10H2,(H,12,13). The third-order valence-corrected chi connectivity index (χ3v) is 1.72. The van der Waals surface area contributed by atoms with Gasteiger partial charge in [-0.15, -0.1) is 0 Å². The normalized spacial score (nSPS) is 10.0. The van der Waals surface area contributed by atoms with Crippen molar-refractivity contribution >= 4 is 17.4 Å². The van der Waals surface area contributed by atoms with Crippen molar-refractivity contribution in [1.29, 1.82) is 0 Å². The molecule has 3 N–H and O–H groups in total. The van der Waals surface area contributed by atoms with Crippen molar-refractivity contribution in [3.05, 3.63) is 17.5 Å².